The van der Waals surface area contributed by atoms with Crippen LogP contribution in [-0.4, -0.2) is 9.97 Å². The lowest BCUT2D eigenvalue weighted by Crippen LogP contribution is -1.90. The highest BCUT2D eigenvalue weighted by Crippen LogP contribution is 2.15. The van der Waals surface area contributed by atoms with Crippen LogP contribution in [0, 0.1) is 6.92 Å². The first-order chi connectivity index (χ1) is 8.81. The summed E-state index contributed by atoms with van der Waals surface area (Å²) in [6.45, 7) is 1.95. The van der Waals surface area contributed by atoms with E-state index in [1.807, 2.05) is 37.3 Å². The first-order valence-corrected chi connectivity index (χ1v) is 6.08. The Balaban J connectivity index is 1.79. The monoisotopic (exact) mass is 238 g/mol. The van der Waals surface area contributed by atoms with Crippen molar-refractivity contribution in [3.05, 3.63) is 59.6 Å². The molecular weight excluding hydrogens is 224 g/mol. The molecule has 0 unspecified atom stereocenters. The topological polar surface area (TPSA) is 38.9 Å². The van der Waals surface area contributed by atoms with Crippen molar-refractivity contribution in [2.24, 2.45) is 0 Å². The first kappa shape index (κ1) is 11.0. The van der Waals surface area contributed by atoms with E-state index in [0.717, 1.165) is 29.9 Å². The van der Waals surface area contributed by atoms with E-state index >= 15 is 0 Å². The maximum atomic E-state index is 5.65. The number of fused-ring (bicyclic) bond motifs is 1. The zero-order chi connectivity index (χ0) is 12.4. The van der Waals surface area contributed by atoms with Crippen molar-refractivity contribution in [2.75, 3.05) is 0 Å². The fraction of sp³-hybridized carbons (Fsp3) is 0.200. The molecule has 0 fully saturated rings. The molecule has 0 saturated carbocycles. The van der Waals surface area contributed by atoms with Gasteiger partial charge in [0.05, 0.1) is 0 Å². The van der Waals surface area contributed by atoms with Gasteiger partial charge >= 0.3 is 0 Å². The third-order valence-electron chi connectivity index (χ3n) is 2.91. The number of oxazole rings is 1. The summed E-state index contributed by atoms with van der Waals surface area (Å²) in [5, 5.41) is 0. The number of hydrogen-bond donors (Lipinski definition) is 0. The van der Waals surface area contributed by atoms with Gasteiger partial charge in [-0.3, -0.25) is 0 Å². The molecule has 0 amide bonds. The molecule has 3 rings (SSSR count). The summed E-state index contributed by atoms with van der Waals surface area (Å²) in [5.74, 6) is 0.756. The summed E-state index contributed by atoms with van der Waals surface area (Å²) in [6.07, 6.45) is 1.74. The second-order valence-corrected chi connectivity index (χ2v) is 4.37. The largest absolute Gasteiger partial charge is 0.422 e. The predicted molar refractivity (Wildman–Crippen MR) is 70.4 cm³/mol. The molecule has 0 aliphatic heterocycles. The average molecular weight is 238 g/mol. The van der Waals surface area contributed by atoms with Gasteiger partial charge in [-0.25, -0.2) is 9.97 Å². The van der Waals surface area contributed by atoms with Crippen LogP contribution in [0.25, 0.3) is 11.2 Å². The molecule has 3 heteroatoms. The summed E-state index contributed by atoms with van der Waals surface area (Å²) in [5.41, 5.74) is 3.72. The number of benzene rings is 1. The SMILES string of the molecule is Cc1ccc2nc(CCc3ccccc3)oc2n1. The van der Waals surface area contributed by atoms with Crippen molar-refractivity contribution in [1.82, 2.24) is 9.97 Å². The molecule has 18 heavy (non-hydrogen) atoms. The Bertz CT molecular complexity index is 659. The van der Waals surface area contributed by atoms with Gasteiger partial charge < -0.3 is 4.42 Å². The van der Waals surface area contributed by atoms with Crippen LogP contribution in [0.1, 0.15) is 17.1 Å². The fourth-order valence-electron chi connectivity index (χ4n) is 1.96. The summed E-state index contributed by atoms with van der Waals surface area (Å²) in [4.78, 5) is 8.76. The van der Waals surface area contributed by atoms with Gasteiger partial charge in [0.2, 0.25) is 5.71 Å². The Morgan fingerprint density at radius 1 is 0.944 bits per heavy atom. The molecule has 0 spiro atoms. The van der Waals surface area contributed by atoms with Crippen molar-refractivity contribution in [3.8, 4) is 0 Å². The highest BCUT2D eigenvalue weighted by molar-refractivity contribution is 5.67. The van der Waals surface area contributed by atoms with E-state index in [1.54, 1.807) is 0 Å². The Labute approximate surface area is 105 Å². The molecule has 90 valence electrons. The maximum absolute atomic E-state index is 5.65. The van der Waals surface area contributed by atoms with E-state index in [-0.39, 0.29) is 0 Å². The molecule has 0 aliphatic rings. The Hall–Kier alpha value is -2.16. The zero-order valence-corrected chi connectivity index (χ0v) is 10.3. The smallest absolute Gasteiger partial charge is 0.247 e. The summed E-state index contributed by atoms with van der Waals surface area (Å²) in [7, 11) is 0. The van der Waals surface area contributed by atoms with Crippen LogP contribution in [0.3, 0.4) is 0 Å². The molecule has 2 aromatic heterocycles. The molecule has 0 atom stereocenters. The van der Waals surface area contributed by atoms with Gasteiger partial charge in [-0.15, -0.1) is 0 Å². The second-order valence-electron chi connectivity index (χ2n) is 4.37. The van der Waals surface area contributed by atoms with Gasteiger partial charge in [0.25, 0.3) is 0 Å². The zero-order valence-electron chi connectivity index (χ0n) is 10.3. The summed E-state index contributed by atoms with van der Waals surface area (Å²) < 4.78 is 5.65. The number of nitrogens with zero attached hydrogens (tertiary/aromatic N) is 2. The third kappa shape index (κ3) is 2.25. The van der Waals surface area contributed by atoms with Crippen LogP contribution in [0.4, 0.5) is 0 Å². The van der Waals surface area contributed by atoms with Crippen LogP contribution >= 0.6 is 0 Å². The van der Waals surface area contributed by atoms with Crippen molar-refractivity contribution in [2.45, 2.75) is 19.8 Å². The summed E-state index contributed by atoms with van der Waals surface area (Å²) >= 11 is 0. The Morgan fingerprint density at radius 3 is 2.61 bits per heavy atom. The van der Waals surface area contributed by atoms with Crippen molar-refractivity contribution in [1.29, 1.82) is 0 Å². The molecule has 0 bridgehead atoms. The van der Waals surface area contributed by atoms with Gasteiger partial charge in [0.15, 0.2) is 5.89 Å². The van der Waals surface area contributed by atoms with Gasteiger partial charge in [0, 0.05) is 12.1 Å². The minimum atomic E-state index is 0.637. The van der Waals surface area contributed by atoms with E-state index in [9.17, 15) is 0 Å². The van der Waals surface area contributed by atoms with Crippen molar-refractivity contribution < 1.29 is 4.42 Å². The third-order valence-corrected chi connectivity index (χ3v) is 2.91. The maximum Gasteiger partial charge on any atom is 0.247 e. The number of hydrogen-bond acceptors (Lipinski definition) is 3. The van der Waals surface area contributed by atoms with Crippen LogP contribution in [-0.2, 0) is 12.8 Å². The molecule has 2 heterocycles. The summed E-state index contributed by atoms with van der Waals surface area (Å²) in [6, 6.07) is 14.3. The molecule has 1 aromatic carbocycles. The average Bonchev–Trinajstić information content (AvgIpc) is 2.79. The minimum Gasteiger partial charge on any atom is -0.422 e. The lowest BCUT2D eigenvalue weighted by atomic mass is 10.1. The van der Waals surface area contributed by atoms with E-state index in [0.29, 0.717) is 5.71 Å². The van der Waals surface area contributed by atoms with Gasteiger partial charge in [0.1, 0.15) is 5.52 Å². The molecule has 0 N–H and O–H groups in total. The molecular formula is C15H14N2O. The second kappa shape index (κ2) is 4.61. The quantitative estimate of drug-likeness (QED) is 0.702. The molecule has 3 nitrogen and oxygen atoms in total. The van der Waals surface area contributed by atoms with E-state index in [2.05, 4.69) is 22.1 Å². The van der Waals surface area contributed by atoms with Crippen LogP contribution in [0.5, 0.6) is 0 Å². The normalized spacial score (nSPS) is 10.9. The van der Waals surface area contributed by atoms with Gasteiger partial charge in [-0.2, -0.15) is 0 Å². The van der Waals surface area contributed by atoms with Gasteiger partial charge in [-0.1, -0.05) is 30.3 Å². The van der Waals surface area contributed by atoms with Gasteiger partial charge in [-0.05, 0) is 31.0 Å². The van der Waals surface area contributed by atoms with Crippen molar-refractivity contribution >= 4 is 11.2 Å². The molecule has 0 radical (unpaired) electrons. The Morgan fingerprint density at radius 2 is 1.78 bits per heavy atom. The first-order valence-electron chi connectivity index (χ1n) is 6.08. The number of pyridine rings is 1. The molecule has 0 aliphatic carbocycles. The van der Waals surface area contributed by atoms with Crippen LogP contribution < -0.4 is 0 Å². The van der Waals surface area contributed by atoms with Crippen LogP contribution in [0.15, 0.2) is 46.9 Å². The van der Waals surface area contributed by atoms with E-state index < -0.39 is 0 Å². The Kier molecular flexibility index (Phi) is 2.81. The van der Waals surface area contributed by atoms with E-state index in [1.165, 1.54) is 5.56 Å². The standard InChI is InChI=1S/C15H14N2O/c1-11-7-9-13-15(16-11)18-14(17-13)10-8-12-5-3-2-4-6-12/h2-7,9H,8,10H2,1H3. The van der Waals surface area contributed by atoms with Crippen LogP contribution in [0.2, 0.25) is 0 Å². The number of aromatic nitrogens is 2. The fourth-order valence-corrected chi connectivity index (χ4v) is 1.96. The molecule has 3 aromatic rings. The number of rotatable bonds is 3. The lowest BCUT2D eigenvalue weighted by molar-refractivity contribution is 0.520. The highest BCUT2D eigenvalue weighted by Gasteiger charge is 2.06. The minimum absolute atomic E-state index is 0.637. The van der Waals surface area contributed by atoms with Crippen molar-refractivity contribution in [3.63, 3.8) is 0 Å². The lowest BCUT2D eigenvalue weighted by Gasteiger charge is -1.96. The number of aryl methyl sites for hydroxylation is 3. The highest BCUT2D eigenvalue weighted by atomic mass is 16.4. The van der Waals surface area contributed by atoms with E-state index in [4.69, 9.17) is 4.42 Å². The molecule has 0 saturated heterocycles. The predicted octanol–water partition coefficient (Wildman–Crippen LogP) is 3.32.